The van der Waals surface area contributed by atoms with E-state index in [1.165, 1.54) is 12.1 Å². The monoisotopic (exact) mass is 392 g/mol. The van der Waals surface area contributed by atoms with Crippen molar-refractivity contribution in [3.05, 3.63) is 31.9 Å². The van der Waals surface area contributed by atoms with E-state index < -0.39 is 16.4 Å². The Morgan fingerprint density at radius 1 is 1.45 bits per heavy atom. The maximum atomic E-state index is 11.5. The maximum absolute atomic E-state index is 11.5. The molecule has 1 fully saturated rings. The van der Waals surface area contributed by atoms with Crippen molar-refractivity contribution in [2.45, 2.75) is 18.4 Å². The number of carbonyl (C=O) groups is 1. The minimum absolute atomic E-state index is 0.0173. The molecule has 1 aliphatic heterocycles. The van der Waals surface area contributed by atoms with Crippen LogP contribution in [0.1, 0.15) is 12.8 Å². The number of nitro groups is 1. The number of hydrogen-bond donors (Lipinski definition) is 2. The van der Waals surface area contributed by atoms with Gasteiger partial charge in [0.15, 0.2) is 0 Å². The van der Waals surface area contributed by atoms with Gasteiger partial charge < -0.3 is 15.2 Å². The van der Waals surface area contributed by atoms with Crippen molar-refractivity contribution in [2.75, 3.05) is 18.5 Å². The van der Waals surface area contributed by atoms with Crippen LogP contribution in [0, 0.1) is 13.7 Å². The molecular weight excluding hydrogens is 379 g/mol. The number of hydrogen-bond acceptors (Lipinski definition) is 5. The lowest BCUT2D eigenvalue weighted by Gasteiger charge is -2.35. The molecule has 2 N–H and O–H groups in total. The number of non-ortho nitro benzene ring substituents is 1. The van der Waals surface area contributed by atoms with Crippen LogP contribution in [-0.2, 0) is 9.53 Å². The Labute approximate surface area is 128 Å². The van der Waals surface area contributed by atoms with E-state index in [0.29, 0.717) is 35.3 Å². The molecule has 0 atom stereocenters. The number of anilines is 1. The maximum Gasteiger partial charge on any atom is 0.329 e. The number of nitrogens with zero attached hydrogens (tertiary/aromatic N) is 1. The molecule has 0 saturated carbocycles. The van der Waals surface area contributed by atoms with Gasteiger partial charge in [-0.2, -0.15) is 0 Å². The van der Waals surface area contributed by atoms with Crippen LogP contribution in [-0.4, -0.2) is 34.8 Å². The molecule has 0 bridgehead atoms. The number of nitro benzene ring substituents is 1. The standard InChI is InChI=1S/C12H13IN2O5/c13-9-7-8(15(18)19)1-2-10(9)14-12(11(16)17)3-5-20-6-4-12/h1-2,7,14H,3-6H2,(H,16,17). The van der Waals surface area contributed by atoms with Gasteiger partial charge in [0.25, 0.3) is 5.69 Å². The zero-order valence-electron chi connectivity index (χ0n) is 10.5. The van der Waals surface area contributed by atoms with Crippen LogP contribution in [0.3, 0.4) is 0 Å². The molecule has 7 nitrogen and oxygen atoms in total. The van der Waals surface area contributed by atoms with E-state index in [-0.39, 0.29) is 5.69 Å². The van der Waals surface area contributed by atoms with E-state index in [4.69, 9.17) is 4.74 Å². The molecule has 0 aliphatic carbocycles. The molecule has 2 rings (SSSR count). The van der Waals surface area contributed by atoms with Crippen LogP contribution >= 0.6 is 22.6 Å². The molecule has 0 amide bonds. The fourth-order valence-corrected chi connectivity index (χ4v) is 2.72. The third kappa shape index (κ3) is 3.01. The molecule has 1 aromatic rings. The van der Waals surface area contributed by atoms with Gasteiger partial charge in [-0.15, -0.1) is 0 Å². The predicted octanol–water partition coefficient (Wildman–Crippen LogP) is 2.25. The molecule has 0 unspecified atom stereocenters. The Kier molecular flexibility index (Phi) is 4.43. The van der Waals surface area contributed by atoms with Gasteiger partial charge in [0.2, 0.25) is 0 Å². The number of carboxylic acids is 1. The first-order valence-corrected chi connectivity index (χ1v) is 7.06. The second kappa shape index (κ2) is 5.92. The molecule has 0 spiro atoms. The second-order valence-corrected chi connectivity index (χ2v) is 5.71. The molecule has 8 heteroatoms. The Balaban J connectivity index is 2.27. The van der Waals surface area contributed by atoms with E-state index in [1.54, 1.807) is 6.07 Å². The van der Waals surface area contributed by atoms with Crippen molar-refractivity contribution in [1.29, 1.82) is 0 Å². The zero-order chi connectivity index (χ0) is 14.8. The van der Waals surface area contributed by atoms with Crippen molar-refractivity contribution in [3.8, 4) is 0 Å². The molecule has 0 aromatic heterocycles. The van der Waals surface area contributed by atoms with Crippen molar-refractivity contribution in [3.63, 3.8) is 0 Å². The SMILES string of the molecule is O=C(O)C1(Nc2ccc([N+](=O)[O-])cc2I)CCOCC1. The summed E-state index contributed by atoms with van der Waals surface area (Å²) in [6.45, 7) is 0.756. The number of halogens is 1. The van der Waals surface area contributed by atoms with E-state index in [9.17, 15) is 20.0 Å². The third-order valence-corrected chi connectivity index (χ3v) is 4.19. The fraction of sp³-hybridized carbons (Fsp3) is 0.417. The number of ether oxygens (including phenoxy) is 1. The average Bonchev–Trinajstić information content (AvgIpc) is 2.41. The summed E-state index contributed by atoms with van der Waals surface area (Å²) < 4.78 is 5.81. The lowest BCUT2D eigenvalue weighted by atomic mass is 9.90. The van der Waals surface area contributed by atoms with Gasteiger partial charge in [0.05, 0.1) is 4.92 Å². The summed E-state index contributed by atoms with van der Waals surface area (Å²) in [7, 11) is 0. The van der Waals surface area contributed by atoms with Crippen molar-refractivity contribution in [2.24, 2.45) is 0 Å². The highest BCUT2D eigenvalue weighted by Gasteiger charge is 2.40. The first-order chi connectivity index (χ1) is 9.44. The molecule has 1 heterocycles. The number of nitrogens with one attached hydrogen (secondary N) is 1. The van der Waals surface area contributed by atoms with Gasteiger partial charge in [-0.05, 0) is 28.7 Å². The summed E-state index contributed by atoms with van der Waals surface area (Å²) in [6, 6.07) is 4.32. The summed E-state index contributed by atoms with van der Waals surface area (Å²) >= 11 is 1.95. The van der Waals surface area contributed by atoms with Crippen LogP contribution in [0.25, 0.3) is 0 Å². The van der Waals surface area contributed by atoms with Gasteiger partial charge in [-0.3, -0.25) is 10.1 Å². The van der Waals surface area contributed by atoms with Crippen LogP contribution < -0.4 is 5.32 Å². The molecule has 20 heavy (non-hydrogen) atoms. The lowest BCUT2D eigenvalue weighted by Crippen LogP contribution is -2.50. The Hall–Kier alpha value is -1.42. The van der Waals surface area contributed by atoms with Gasteiger partial charge in [0, 0.05) is 47.4 Å². The zero-order valence-corrected chi connectivity index (χ0v) is 12.6. The number of benzene rings is 1. The summed E-state index contributed by atoms with van der Waals surface area (Å²) in [6.07, 6.45) is 0.713. The second-order valence-electron chi connectivity index (χ2n) is 4.55. The minimum atomic E-state index is -1.08. The Morgan fingerprint density at radius 2 is 2.10 bits per heavy atom. The van der Waals surface area contributed by atoms with Crippen molar-refractivity contribution >= 4 is 39.9 Å². The molecule has 1 aromatic carbocycles. The van der Waals surface area contributed by atoms with Crippen molar-refractivity contribution < 1.29 is 19.6 Å². The fourth-order valence-electron chi connectivity index (χ4n) is 2.09. The highest BCUT2D eigenvalue weighted by atomic mass is 127. The first kappa shape index (κ1) is 15.0. The molecule has 108 valence electrons. The number of carboxylic acid groups (broad SMARTS) is 1. The first-order valence-electron chi connectivity index (χ1n) is 5.98. The van der Waals surface area contributed by atoms with E-state index in [0.717, 1.165) is 0 Å². The smallest absolute Gasteiger partial charge is 0.329 e. The summed E-state index contributed by atoms with van der Waals surface area (Å²) in [4.78, 5) is 21.8. The van der Waals surface area contributed by atoms with Gasteiger partial charge in [0.1, 0.15) is 5.54 Å². The quantitative estimate of drug-likeness (QED) is 0.463. The molecule has 0 radical (unpaired) electrons. The van der Waals surface area contributed by atoms with Crippen LogP contribution in [0.4, 0.5) is 11.4 Å². The van der Waals surface area contributed by atoms with Gasteiger partial charge in [-0.25, -0.2) is 4.79 Å². The summed E-state index contributed by atoms with van der Waals surface area (Å²) in [5.41, 5.74) is -0.509. The minimum Gasteiger partial charge on any atom is -0.480 e. The average molecular weight is 392 g/mol. The van der Waals surface area contributed by atoms with Crippen LogP contribution in [0.2, 0.25) is 0 Å². The van der Waals surface area contributed by atoms with Gasteiger partial charge in [-0.1, -0.05) is 0 Å². The summed E-state index contributed by atoms with van der Waals surface area (Å²) in [5.74, 6) is -0.935. The van der Waals surface area contributed by atoms with Crippen LogP contribution in [0.5, 0.6) is 0 Å². The predicted molar refractivity (Wildman–Crippen MR) is 79.9 cm³/mol. The van der Waals surface area contributed by atoms with E-state index in [1.807, 2.05) is 22.6 Å². The molecule has 1 saturated heterocycles. The van der Waals surface area contributed by atoms with E-state index >= 15 is 0 Å². The highest BCUT2D eigenvalue weighted by Crippen LogP contribution is 2.30. The third-order valence-electron chi connectivity index (χ3n) is 3.29. The summed E-state index contributed by atoms with van der Waals surface area (Å²) in [5, 5.41) is 23.2. The highest BCUT2D eigenvalue weighted by molar-refractivity contribution is 14.1. The number of aliphatic carboxylic acids is 1. The largest absolute Gasteiger partial charge is 0.480 e. The lowest BCUT2D eigenvalue weighted by molar-refractivity contribution is -0.384. The van der Waals surface area contributed by atoms with Gasteiger partial charge >= 0.3 is 5.97 Å². The topological polar surface area (TPSA) is 102 Å². The van der Waals surface area contributed by atoms with Crippen molar-refractivity contribution in [1.82, 2.24) is 0 Å². The van der Waals surface area contributed by atoms with E-state index in [2.05, 4.69) is 5.32 Å². The molecular formula is C12H13IN2O5. The normalized spacial score (nSPS) is 17.4. The Morgan fingerprint density at radius 3 is 2.60 bits per heavy atom. The van der Waals surface area contributed by atoms with Crippen LogP contribution in [0.15, 0.2) is 18.2 Å². The Bertz CT molecular complexity index is 543. The number of rotatable bonds is 4. The molecule has 1 aliphatic rings.